The second-order valence-corrected chi connectivity index (χ2v) is 4.12. The van der Waals surface area contributed by atoms with Gasteiger partial charge in [0.2, 0.25) is 0 Å². The molecular formula is C11H15N5. The average Bonchev–Trinajstić information content (AvgIpc) is 2.33. The molecule has 0 aliphatic carbocycles. The quantitative estimate of drug-likeness (QED) is 0.795. The van der Waals surface area contributed by atoms with Crippen molar-refractivity contribution >= 4 is 5.82 Å². The number of nitrogens with zero attached hydrogens (tertiary/aromatic N) is 4. The molecule has 2 rings (SSSR count). The summed E-state index contributed by atoms with van der Waals surface area (Å²) in [5.41, 5.74) is 0.355. The number of nitrogens with one attached hydrogen (secondary N) is 1. The third-order valence-electron chi connectivity index (χ3n) is 2.84. The lowest BCUT2D eigenvalue weighted by atomic mass is 10.1. The molecule has 0 amide bonds. The molecule has 0 unspecified atom stereocenters. The summed E-state index contributed by atoms with van der Waals surface area (Å²) < 4.78 is 0. The Morgan fingerprint density at radius 2 is 2.12 bits per heavy atom. The number of hydrogen-bond acceptors (Lipinski definition) is 5. The molecule has 1 saturated heterocycles. The number of hydrogen-bond donors (Lipinski definition) is 1. The van der Waals surface area contributed by atoms with Crippen molar-refractivity contribution in [3.05, 3.63) is 18.1 Å². The van der Waals surface area contributed by atoms with Gasteiger partial charge in [0.1, 0.15) is 11.9 Å². The highest BCUT2D eigenvalue weighted by molar-refractivity contribution is 5.34. The van der Waals surface area contributed by atoms with Gasteiger partial charge in [0, 0.05) is 6.04 Å². The van der Waals surface area contributed by atoms with Crippen LogP contribution in [0.4, 0.5) is 5.82 Å². The summed E-state index contributed by atoms with van der Waals surface area (Å²) in [6.07, 6.45) is 5.37. The molecule has 1 aliphatic heterocycles. The summed E-state index contributed by atoms with van der Waals surface area (Å²) in [6.45, 7) is 2.22. The third kappa shape index (κ3) is 2.67. The van der Waals surface area contributed by atoms with Gasteiger partial charge in [-0.05, 0) is 33.0 Å². The van der Waals surface area contributed by atoms with Gasteiger partial charge in [0.25, 0.3) is 0 Å². The molecule has 2 heterocycles. The van der Waals surface area contributed by atoms with E-state index in [-0.39, 0.29) is 0 Å². The Hall–Kier alpha value is -1.67. The summed E-state index contributed by atoms with van der Waals surface area (Å²) in [7, 11) is 2.14. The van der Waals surface area contributed by atoms with Crippen molar-refractivity contribution in [3.63, 3.8) is 0 Å². The fourth-order valence-electron chi connectivity index (χ4n) is 1.82. The highest BCUT2D eigenvalue weighted by atomic mass is 15.1. The van der Waals surface area contributed by atoms with Crippen molar-refractivity contribution in [2.75, 3.05) is 25.5 Å². The molecule has 1 fully saturated rings. The summed E-state index contributed by atoms with van der Waals surface area (Å²) in [4.78, 5) is 10.5. The zero-order valence-corrected chi connectivity index (χ0v) is 9.35. The SMILES string of the molecule is CN1CCC(Nc2cnc(C#N)cn2)CC1. The van der Waals surface area contributed by atoms with Crippen molar-refractivity contribution < 1.29 is 0 Å². The van der Waals surface area contributed by atoms with E-state index in [1.807, 2.05) is 6.07 Å². The van der Waals surface area contributed by atoms with E-state index >= 15 is 0 Å². The number of anilines is 1. The molecule has 5 nitrogen and oxygen atoms in total. The highest BCUT2D eigenvalue weighted by Crippen LogP contribution is 2.13. The molecule has 1 aromatic rings. The van der Waals surface area contributed by atoms with Crippen LogP contribution in [0.25, 0.3) is 0 Å². The van der Waals surface area contributed by atoms with Crippen molar-refractivity contribution in [1.29, 1.82) is 5.26 Å². The summed E-state index contributed by atoms with van der Waals surface area (Å²) in [6, 6.07) is 2.43. The van der Waals surface area contributed by atoms with Crippen LogP contribution in [-0.4, -0.2) is 41.0 Å². The van der Waals surface area contributed by atoms with Crippen LogP contribution in [0.3, 0.4) is 0 Å². The molecule has 0 saturated carbocycles. The first-order valence-electron chi connectivity index (χ1n) is 5.45. The largest absolute Gasteiger partial charge is 0.366 e. The molecule has 1 N–H and O–H groups in total. The zero-order valence-electron chi connectivity index (χ0n) is 9.35. The fourth-order valence-corrected chi connectivity index (χ4v) is 1.82. The van der Waals surface area contributed by atoms with Crippen LogP contribution in [0, 0.1) is 11.3 Å². The van der Waals surface area contributed by atoms with E-state index < -0.39 is 0 Å². The average molecular weight is 217 g/mol. The van der Waals surface area contributed by atoms with Gasteiger partial charge >= 0.3 is 0 Å². The third-order valence-corrected chi connectivity index (χ3v) is 2.84. The molecule has 0 atom stereocenters. The second-order valence-electron chi connectivity index (χ2n) is 4.12. The van der Waals surface area contributed by atoms with Crippen LogP contribution < -0.4 is 5.32 Å². The molecule has 1 aromatic heterocycles. The van der Waals surface area contributed by atoms with Crippen LogP contribution in [-0.2, 0) is 0 Å². The topological polar surface area (TPSA) is 64.8 Å². The molecule has 0 spiro atoms. The molecular weight excluding hydrogens is 202 g/mol. The van der Waals surface area contributed by atoms with E-state index in [0.29, 0.717) is 11.7 Å². The van der Waals surface area contributed by atoms with Gasteiger partial charge in [-0.15, -0.1) is 0 Å². The Morgan fingerprint density at radius 1 is 1.38 bits per heavy atom. The molecule has 0 aromatic carbocycles. The van der Waals surface area contributed by atoms with Gasteiger partial charge in [-0.25, -0.2) is 9.97 Å². The minimum atomic E-state index is 0.355. The Bertz CT molecular complexity index is 372. The predicted molar refractivity (Wildman–Crippen MR) is 60.9 cm³/mol. The summed E-state index contributed by atoms with van der Waals surface area (Å²) in [5, 5.41) is 11.9. The lowest BCUT2D eigenvalue weighted by Gasteiger charge is -2.29. The van der Waals surface area contributed by atoms with Gasteiger partial charge in [-0.3, -0.25) is 0 Å². The number of rotatable bonds is 2. The first-order valence-corrected chi connectivity index (χ1v) is 5.45. The number of aromatic nitrogens is 2. The van der Waals surface area contributed by atoms with E-state index in [9.17, 15) is 0 Å². The maximum absolute atomic E-state index is 8.60. The molecule has 84 valence electrons. The van der Waals surface area contributed by atoms with Crippen molar-refractivity contribution in [2.24, 2.45) is 0 Å². The van der Waals surface area contributed by atoms with Gasteiger partial charge in [-0.2, -0.15) is 5.26 Å². The van der Waals surface area contributed by atoms with Gasteiger partial charge in [0.05, 0.1) is 12.4 Å². The molecule has 5 heteroatoms. The normalized spacial score (nSPS) is 18.0. The molecule has 1 aliphatic rings. The van der Waals surface area contributed by atoms with Crippen LogP contribution in [0.1, 0.15) is 18.5 Å². The molecule has 0 bridgehead atoms. The zero-order chi connectivity index (χ0) is 11.4. The van der Waals surface area contributed by atoms with E-state index in [0.717, 1.165) is 31.7 Å². The van der Waals surface area contributed by atoms with Crippen LogP contribution >= 0.6 is 0 Å². The lowest BCUT2D eigenvalue weighted by molar-refractivity contribution is 0.263. The number of nitriles is 1. The molecule has 16 heavy (non-hydrogen) atoms. The second kappa shape index (κ2) is 4.90. The van der Waals surface area contributed by atoms with Crippen LogP contribution in [0.15, 0.2) is 12.4 Å². The maximum atomic E-state index is 8.60. The van der Waals surface area contributed by atoms with Crippen molar-refractivity contribution in [1.82, 2.24) is 14.9 Å². The van der Waals surface area contributed by atoms with E-state index in [4.69, 9.17) is 5.26 Å². The standard InChI is InChI=1S/C11H15N5/c1-16-4-2-9(3-5-16)15-11-8-13-10(6-12)7-14-11/h7-9H,2-5H2,1H3,(H,14,15). The number of piperidine rings is 1. The van der Waals surface area contributed by atoms with Gasteiger partial charge in [-0.1, -0.05) is 0 Å². The first-order chi connectivity index (χ1) is 7.78. The van der Waals surface area contributed by atoms with Crippen LogP contribution in [0.5, 0.6) is 0 Å². The fraction of sp³-hybridized carbons (Fsp3) is 0.545. The lowest BCUT2D eigenvalue weighted by Crippen LogP contribution is -2.36. The van der Waals surface area contributed by atoms with Gasteiger partial charge < -0.3 is 10.2 Å². The minimum Gasteiger partial charge on any atom is -0.366 e. The van der Waals surface area contributed by atoms with Crippen molar-refractivity contribution in [3.8, 4) is 6.07 Å². The summed E-state index contributed by atoms with van der Waals surface area (Å²) in [5.74, 6) is 0.758. The predicted octanol–water partition coefficient (Wildman–Crippen LogP) is 0.854. The Morgan fingerprint density at radius 3 is 2.69 bits per heavy atom. The van der Waals surface area contributed by atoms with E-state index in [1.165, 1.54) is 6.20 Å². The highest BCUT2D eigenvalue weighted by Gasteiger charge is 2.16. The Kier molecular flexibility index (Phi) is 3.32. The van der Waals surface area contributed by atoms with E-state index in [2.05, 4.69) is 27.2 Å². The Labute approximate surface area is 95.1 Å². The monoisotopic (exact) mass is 217 g/mol. The van der Waals surface area contributed by atoms with Crippen LogP contribution in [0.2, 0.25) is 0 Å². The Balaban J connectivity index is 1.91. The van der Waals surface area contributed by atoms with Crippen molar-refractivity contribution in [2.45, 2.75) is 18.9 Å². The maximum Gasteiger partial charge on any atom is 0.158 e. The minimum absolute atomic E-state index is 0.355. The first kappa shape index (κ1) is 10.8. The van der Waals surface area contributed by atoms with Gasteiger partial charge in [0.15, 0.2) is 5.69 Å². The smallest absolute Gasteiger partial charge is 0.158 e. The summed E-state index contributed by atoms with van der Waals surface area (Å²) >= 11 is 0. The number of likely N-dealkylation sites (tertiary alicyclic amines) is 1. The van der Waals surface area contributed by atoms with E-state index in [1.54, 1.807) is 6.20 Å². The molecule has 0 radical (unpaired) electrons.